The molecule has 2 aliphatic heterocycles. The van der Waals surface area contributed by atoms with Crippen LogP contribution in [-0.4, -0.2) is 46.3 Å². The summed E-state index contributed by atoms with van der Waals surface area (Å²) in [6.45, 7) is -0.154. The molecule has 1 fully saturated rings. The van der Waals surface area contributed by atoms with Gasteiger partial charge in [0.2, 0.25) is 0 Å². The summed E-state index contributed by atoms with van der Waals surface area (Å²) in [4.78, 5) is 0. The van der Waals surface area contributed by atoms with Crippen molar-refractivity contribution in [3.63, 3.8) is 0 Å². The molecule has 0 aromatic carbocycles. The summed E-state index contributed by atoms with van der Waals surface area (Å²) in [6.07, 6.45) is 4.51. The molecule has 1 aliphatic carbocycles. The lowest BCUT2D eigenvalue weighted by Gasteiger charge is -2.39. The second-order valence-electron chi connectivity index (χ2n) is 4.80. The highest BCUT2D eigenvalue weighted by molar-refractivity contribution is 5.41. The summed E-state index contributed by atoms with van der Waals surface area (Å²) in [5.74, 6) is 0.0182. The Morgan fingerprint density at radius 3 is 2.88 bits per heavy atom. The van der Waals surface area contributed by atoms with Crippen molar-refractivity contribution in [3.8, 4) is 0 Å². The maximum Gasteiger partial charge on any atom is 0.117 e. The lowest BCUT2D eigenvalue weighted by molar-refractivity contribution is -0.0859. The van der Waals surface area contributed by atoms with Crippen molar-refractivity contribution >= 4 is 0 Å². The van der Waals surface area contributed by atoms with Gasteiger partial charge < -0.3 is 20.1 Å². The Bertz CT molecular complexity index is 373. The fourth-order valence-corrected chi connectivity index (χ4v) is 3.31. The van der Waals surface area contributed by atoms with Crippen LogP contribution in [0, 0.1) is 5.92 Å². The van der Waals surface area contributed by atoms with Crippen LogP contribution in [-0.2, 0) is 4.74 Å². The van der Waals surface area contributed by atoms with Gasteiger partial charge >= 0.3 is 0 Å². The maximum absolute atomic E-state index is 9.97. The Morgan fingerprint density at radius 2 is 2.19 bits per heavy atom. The SMILES string of the molecule is OCC1=C2[C@H](O)CC[C@@H]2[C@]2(CO)C=C[C@H]1O2. The predicted molar refractivity (Wildman–Crippen MR) is 56.7 cm³/mol. The number of ether oxygens (including phenoxy) is 1. The molecule has 0 amide bonds. The Kier molecular flexibility index (Phi) is 2.23. The topological polar surface area (TPSA) is 69.9 Å². The summed E-state index contributed by atoms with van der Waals surface area (Å²) < 4.78 is 5.81. The molecule has 0 aromatic rings. The van der Waals surface area contributed by atoms with Crippen LogP contribution in [0.4, 0.5) is 0 Å². The number of hydrogen-bond acceptors (Lipinski definition) is 4. The van der Waals surface area contributed by atoms with Crippen molar-refractivity contribution in [3.05, 3.63) is 23.3 Å². The fraction of sp³-hybridized carbons (Fsp3) is 0.667. The van der Waals surface area contributed by atoms with Gasteiger partial charge in [0.25, 0.3) is 0 Å². The van der Waals surface area contributed by atoms with E-state index in [1.54, 1.807) is 0 Å². The van der Waals surface area contributed by atoms with Crippen LogP contribution < -0.4 is 0 Å². The van der Waals surface area contributed by atoms with E-state index >= 15 is 0 Å². The van der Waals surface area contributed by atoms with Crippen LogP contribution in [0.1, 0.15) is 12.8 Å². The molecular weight excluding hydrogens is 208 g/mol. The minimum absolute atomic E-state index is 0.0182. The molecule has 4 atom stereocenters. The van der Waals surface area contributed by atoms with Crippen molar-refractivity contribution in [1.82, 2.24) is 0 Å². The third-order valence-corrected chi connectivity index (χ3v) is 4.08. The van der Waals surface area contributed by atoms with Crippen molar-refractivity contribution < 1.29 is 20.1 Å². The van der Waals surface area contributed by atoms with Crippen molar-refractivity contribution in [1.29, 1.82) is 0 Å². The maximum atomic E-state index is 9.97. The Balaban J connectivity index is 2.11. The zero-order valence-electron chi connectivity index (χ0n) is 8.97. The van der Waals surface area contributed by atoms with Crippen molar-refractivity contribution in [2.24, 2.45) is 5.92 Å². The first-order valence-electron chi connectivity index (χ1n) is 5.71. The van der Waals surface area contributed by atoms with Crippen LogP contribution in [0.5, 0.6) is 0 Å². The normalized spacial score (nSPS) is 45.3. The molecule has 2 bridgehead atoms. The van der Waals surface area contributed by atoms with E-state index in [2.05, 4.69) is 0 Å². The van der Waals surface area contributed by atoms with Gasteiger partial charge in [-0.05, 0) is 24.0 Å². The molecule has 0 saturated heterocycles. The third kappa shape index (κ3) is 1.13. The number of hydrogen-bond donors (Lipinski definition) is 3. The van der Waals surface area contributed by atoms with E-state index in [1.165, 1.54) is 0 Å². The van der Waals surface area contributed by atoms with Crippen LogP contribution >= 0.6 is 0 Å². The summed E-state index contributed by atoms with van der Waals surface area (Å²) in [5, 5.41) is 28.9. The lowest BCUT2D eigenvalue weighted by Crippen LogP contribution is -2.46. The van der Waals surface area contributed by atoms with Crippen LogP contribution in [0.15, 0.2) is 23.3 Å². The monoisotopic (exact) mass is 224 g/mol. The molecule has 3 aliphatic rings. The fourth-order valence-electron chi connectivity index (χ4n) is 3.31. The molecule has 88 valence electrons. The third-order valence-electron chi connectivity index (χ3n) is 4.08. The molecule has 0 spiro atoms. The number of aliphatic hydroxyl groups is 3. The predicted octanol–water partition coefficient (Wildman–Crippen LogP) is -0.254. The van der Waals surface area contributed by atoms with Gasteiger partial charge in [-0.25, -0.2) is 0 Å². The van der Waals surface area contributed by atoms with Gasteiger partial charge in [0, 0.05) is 5.92 Å². The van der Waals surface area contributed by atoms with Gasteiger partial charge in [0.1, 0.15) is 11.7 Å². The van der Waals surface area contributed by atoms with Gasteiger partial charge in [-0.15, -0.1) is 0 Å². The van der Waals surface area contributed by atoms with Gasteiger partial charge in [-0.2, -0.15) is 0 Å². The highest BCUT2D eigenvalue weighted by Crippen LogP contribution is 2.50. The quantitative estimate of drug-likeness (QED) is 0.565. The van der Waals surface area contributed by atoms with Gasteiger partial charge in [-0.1, -0.05) is 12.2 Å². The van der Waals surface area contributed by atoms with E-state index in [9.17, 15) is 15.3 Å². The minimum Gasteiger partial charge on any atom is -0.393 e. The summed E-state index contributed by atoms with van der Waals surface area (Å²) in [6, 6.07) is 0. The van der Waals surface area contributed by atoms with E-state index in [0.29, 0.717) is 6.42 Å². The second kappa shape index (κ2) is 3.40. The van der Waals surface area contributed by atoms with Gasteiger partial charge in [0.05, 0.1) is 19.3 Å². The molecule has 3 rings (SSSR count). The van der Waals surface area contributed by atoms with E-state index in [4.69, 9.17) is 4.74 Å². The molecule has 4 heteroatoms. The molecule has 0 unspecified atom stereocenters. The standard InChI is InChI=1S/C12H16O4/c13-5-7-10-3-4-12(6-14,16-10)8-1-2-9(15)11(7)8/h3-4,8-10,13-15H,1-2,5-6H2/t8-,9+,10+,12+/m0/s1. The van der Waals surface area contributed by atoms with Crippen LogP contribution in [0.2, 0.25) is 0 Å². The molecule has 16 heavy (non-hydrogen) atoms. The summed E-state index contributed by atoms with van der Waals surface area (Å²) in [7, 11) is 0. The van der Waals surface area contributed by atoms with Gasteiger partial charge in [0.15, 0.2) is 0 Å². The Hall–Kier alpha value is -0.680. The first-order chi connectivity index (χ1) is 7.72. The van der Waals surface area contributed by atoms with Crippen LogP contribution in [0.25, 0.3) is 0 Å². The van der Waals surface area contributed by atoms with E-state index in [0.717, 1.165) is 17.6 Å². The van der Waals surface area contributed by atoms with Crippen molar-refractivity contribution in [2.45, 2.75) is 30.7 Å². The number of aliphatic hydroxyl groups excluding tert-OH is 3. The Labute approximate surface area is 93.9 Å². The molecule has 2 heterocycles. The lowest BCUT2D eigenvalue weighted by atomic mass is 9.81. The summed E-state index contributed by atoms with van der Waals surface area (Å²) in [5.41, 5.74) is 1.03. The minimum atomic E-state index is -0.657. The average molecular weight is 224 g/mol. The largest absolute Gasteiger partial charge is 0.393 e. The number of fused-ring (bicyclic) bond motifs is 4. The molecule has 0 radical (unpaired) electrons. The first kappa shape index (κ1) is 10.5. The van der Waals surface area contributed by atoms with Gasteiger partial charge in [-0.3, -0.25) is 0 Å². The second-order valence-corrected chi connectivity index (χ2v) is 4.80. The smallest absolute Gasteiger partial charge is 0.117 e. The summed E-state index contributed by atoms with van der Waals surface area (Å²) >= 11 is 0. The highest BCUT2D eigenvalue weighted by atomic mass is 16.5. The molecule has 4 nitrogen and oxygen atoms in total. The molecule has 0 aromatic heterocycles. The Morgan fingerprint density at radius 1 is 1.38 bits per heavy atom. The first-order valence-corrected chi connectivity index (χ1v) is 5.71. The molecular formula is C12H16O4. The van der Waals surface area contributed by atoms with E-state index < -0.39 is 11.7 Å². The van der Waals surface area contributed by atoms with Crippen molar-refractivity contribution in [2.75, 3.05) is 13.2 Å². The van der Waals surface area contributed by atoms with Crippen LogP contribution in [0.3, 0.4) is 0 Å². The number of rotatable bonds is 2. The average Bonchev–Trinajstić information content (AvgIpc) is 2.86. The zero-order valence-corrected chi connectivity index (χ0v) is 8.97. The van der Waals surface area contributed by atoms with E-state index in [1.807, 2.05) is 12.2 Å². The van der Waals surface area contributed by atoms with E-state index in [-0.39, 0.29) is 25.2 Å². The molecule has 1 saturated carbocycles. The highest BCUT2D eigenvalue weighted by Gasteiger charge is 2.53. The zero-order chi connectivity index (χ0) is 11.3. The molecule has 3 N–H and O–H groups in total.